The highest BCUT2D eigenvalue weighted by molar-refractivity contribution is 6.74. The molecule has 3 fully saturated rings. The monoisotopic (exact) mass is 657 g/mol. The maximum absolute atomic E-state index is 7.17. The number of hydrogen-bond donors (Lipinski definition) is 0. The van der Waals surface area contributed by atoms with Crippen molar-refractivity contribution >= 4 is 16.6 Å². The van der Waals surface area contributed by atoms with Crippen LogP contribution in [0.25, 0.3) is 0 Å². The Morgan fingerprint density at radius 1 is 0.778 bits per heavy atom. The minimum atomic E-state index is -1.83. The van der Waals surface area contributed by atoms with Gasteiger partial charge in [0.05, 0.1) is 6.10 Å². The minimum absolute atomic E-state index is 0.0882. The number of hydrogen-bond acceptors (Lipinski definition) is 2. The van der Waals surface area contributed by atoms with Crippen LogP contribution in [0.1, 0.15) is 141 Å². The summed E-state index contributed by atoms with van der Waals surface area (Å²) in [6.07, 6.45) is 17.7. The lowest BCUT2D eigenvalue weighted by molar-refractivity contribution is -0.0113. The van der Waals surface area contributed by atoms with Crippen molar-refractivity contribution in [3.05, 3.63) is 23.3 Å². The maximum atomic E-state index is 7.17. The second kappa shape index (κ2) is 12.6. The van der Waals surface area contributed by atoms with Crippen LogP contribution in [0.15, 0.2) is 23.3 Å². The molecule has 0 heterocycles. The standard InChI is InChI=1S/C41H76O2Si2/c1-29(28-42-44(13,14)37(3,4)5)18-17-19-30(2)32-21-22-33-31-20-23-35-39(9,10)36(43-45(15,16)38(6,7)8)25-27-41(35,12)34(31)24-26-40(32,33)11/h20,23,29-30,32-34,36H,17-19,21-22,24-28H2,1-16H3/t29-,30-,32-,33+,34+,36+,40-,41-/m1/s1. The molecule has 0 aromatic rings. The molecule has 4 rings (SSSR count). The Balaban J connectivity index is 1.42. The third-order valence-corrected chi connectivity index (χ3v) is 24.2. The van der Waals surface area contributed by atoms with Crippen molar-refractivity contribution in [2.45, 2.75) is 183 Å². The van der Waals surface area contributed by atoms with Crippen molar-refractivity contribution in [1.82, 2.24) is 0 Å². The molecular formula is C41H76O2Si2. The van der Waals surface area contributed by atoms with Crippen LogP contribution in [0, 0.1) is 45.8 Å². The Kier molecular flexibility index (Phi) is 10.6. The van der Waals surface area contributed by atoms with Crippen molar-refractivity contribution in [3.63, 3.8) is 0 Å². The van der Waals surface area contributed by atoms with E-state index in [2.05, 4.69) is 121 Å². The fourth-order valence-corrected chi connectivity index (χ4v) is 12.7. The quantitative estimate of drug-likeness (QED) is 0.218. The van der Waals surface area contributed by atoms with Gasteiger partial charge in [0.1, 0.15) is 0 Å². The van der Waals surface area contributed by atoms with Gasteiger partial charge in [0.25, 0.3) is 0 Å². The van der Waals surface area contributed by atoms with Crippen LogP contribution in [0.3, 0.4) is 0 Å². The van der Waals surface area contributed by atoms with Gasteiger partial charge in [-0.1, -0.05) is 119 Å². The molecule has 0 amide bonds. The van der Waals surface area contributed by atoms with Gasteiger partial charge in [0.15, 0.2) is 16.6 Å². The van der Waals surface area contributed by atoms with E-state index in [1.807, 2.05) is 5.57 Å². The van der Waals surface area contributed by atoms with Crippen molar-refractivity contribution in [3.8, 4) is 0 Å². The van der Waals surface area contributed by atoms with Gasteiger partial charge in [-0.15, -0.1) is 0 Å². The van der Waals surface area contributed by atoms with E-state index < -0.39 is 16.6 Å². The molecule has 2 nitrogen and oxygen atoms in total. The predicted molar refractivity (Wildman–Crippen MR) is 202 cm³/mol. The number of allylic oxidation sites excluding steroid dienone is 3. The molecule has 4 heteroatoms. The molecule has 0 aromatic heterocycles. The van der Waals surface area contributed by atoms with Crippen molar-refractivity contribution in [2.75, 3.05) is 6.61 Å². The summed E-state index contributed by atoms with van der Waals surface area (Å²) in [7, 11) is -3.48. The first kappa shape index (κ1) is 37.6. The molecule has 0 aliphatic heterocycles. The van der Waals surface area contributed by atoms with Gasteiger partial charge in [-0.3, -0.25) is 0 Å². The topological polar surface area (TPSA) is 18.5 Å². The van der Waals surface area contributed by atoms with E-state index in [9.17, 15) is 0 Å². The van der Waals surface area contributed by atoms with Crippen LogP contribution in [-0.4, -0.2) is 29.3 Å². The summed E-state index contributed by atoms with van der Waals surface area (Å²) in [6, 6.07) is 0. The van der Waals surface area contributed by atoms with E-state index in [0.717, 1.165) is 30.3 Å². The molecule has 4 aliphatic rings. The summed E-state index contributed by atoms with van der Waals surface area (Å²) < 4.78 is 13.7. The first-order valence-corrected chi connectivity index (χ1v) is 24.9. The average molecular weight is 657 g/mol. The lowest BCUT2D eigenvalue weighted by atomic mass is 9.46. The SMILES string of the molecule is C[C@H](CCC[C@@H](C)[C@H]1CC[C@H]2C3=CC=C4C(C)(C)[C@@H](O[Si](C)(C)C(C)(C)C)CC[C@]4(C)[C@H]3CC[C@]12C)CO[Si](C)(C)C(C)(C)C. The summed E-state index contributed by atoms with van der Waals surface area (Å²) in [6.45, 7) is 40.2. The normalized spacial score (nSPS) is 35.1. The lowest BCUT2D eigenvalue weighted by Gasteiger charge is -2.60. The molecule has 0 N–H and O–H groups in total. The fraction of sp³-hybridized carbons (Fsp3) is 0.902. The zero-order valence-electron chi connectivity index (χ0n) is 33.0. The summed E-state index contributed by atoms with van der Waals surface area (Å²) in [5, 5.41) is 0.547. The highest BCUT2D eigenvalue weighted by Crippen LogP contribution is 2.68. The highest BCUT2D eigenvalue weighted by Gasteiger charge is 2.60. The molecule has 0 radical (unpaired) electrons. The van der Waals surface area contributed by atoms with Crippen LogP contribution < -0.4 is 0 Å². The second-order valence-electron chi connectivity index (χ2n) is 20.7. The zero-order chi connectivity index (χ0) is 34.0. The molecular weight excluding hydrogens is 581 g/mol. The maximum Gasteiger partial charge on any atom is 0.192 e. The molecule has 45 heavy (non-hydrogen) atoms. The molecule has 4 aliphatic carbocycles. The third-order valence-electron chi connectivity index (χ3n) is 15.3. The smallest absolute Gasteiger partial charge is 0.192 e. The summed E-state index contributed by atoms with van der Waals surface area (Å²) in [5.74, 6) is 3.85. The van der Waals surface area contributed by atoms with E-state index in [1.54, 1.807) is 5.57 Å². The summed E-state index contributed by atoms with van der Waals surface area (Å²) in [5.41, 5.74) is 4.37. The highest BCUT2D eigenvalue weighted by atomic mass is 28.4. The first-order chi connectivity index (χ1) is 20.4. The Morgan fingerprint density at radius 3 is 2.00 bits per heavy atom. The van der Waals surface area contributed by atoms with Gasteiger partial charge in [-0.2, -0.15) is 0 Å². The van der Waals surface area contributed by atoms with Crippen molar-refractivity contribution in [2.24, 2.45) is 45.8 Å². The third kappa shape index (κ3) is 6.98. The Hall–Kier alpha value is -0.166. The summed E-state index contributed by atoms with van der Waals surface area (Å²) >= 11 is 0. The molecule has 0 spiro atoms. The van der Waals surface area contributed by atoms with Gasteiger partial charge >= 0.3 is 0 Å². The molecule has 0 unspecified atom stereocenters. The summed E-state index contributed by atoms with van der Waals surface area (Å²) in [4.78, 5) is 0. The van der Waals surface area contributed by atoms with E-state index in [1.165, 1.54) is 57.8 Å². The van der Waals surface area contributed by atoms with E-state index in [4.69, 9.17) is 8.85 Å². The first-order valence-electron chi connectivity index (χ1n) is 19.1. The van der Waals surface area contributed by atoms with Crippen molar-refractivity contribution in [1.29, 1.82) is 0 Å². The fourth-order valence-electron chi connectivity index (χ4n) is 10.1. The van der Waals surface area contributed by atoms with Crippen molar-refractivity contribution < 1.29 is 8.85 Å². The number of rotatable bonds is 10. The van der Waals surface area contributed by atoms with Crippen LogP contribution in [-0.2, 0) is 8.85 Å². The van der Waals surface area contributed by atoms with Gasteiger partial charge in [-0.05, 0) is 122 Å². The van der Waals surface area contributed by atoms with E-state index in [-0.39, 0.29) is 15.9 Å². The van der Waals surface area contributed by atoms with Crippen LogP contribution in [0.4, 0.5) is 0 Å². The van der Waals surface area contributed by atoms with Crippen LogP contribution >= 0.6 is 0 Å². The van der Waals surface area contributed by atoms with E-state index in [0.29, 0.717) is 22.5 Å². The zero-order valence-corrected chi connectivity index (χ0v) is 35.0. The van der Waals surface area contributed by atoms with Crippen LogP contribution in [0.5, 0.6) is 0 Å². The predicted octanol–water partition coefficient (Wildman–Crippen LogP) is 13.0. The van der Waals surface area contributed by atoms with Gasteiger partial charge < -0.3 is 8.85 Å². The minimum Gasteiger partial charge on any atom is -0.417 e. The molecule has 3 saturated carbocycles. The molecule has 8 atom stereocenters. The lowest BCUT2D eigenvalue weighted by Crippen LogP contribution is -2.55. The number of fused-ring (bicyclic) bond motifs is 5. The molecule has 0 bridgehead atoms. The largest absolute Gasteiger partial charge is 0.417 e. The van der Waals surface area contributed by atoms with Gasteiger partial charge in [0.2, 0.25) is 0 Å². The Morgan fingerprint density at radius 2 is 1.40 bits per heavy atom. The van der Waals surface area contributed by atoms with Gasteiger partial charge in [-0.25, -0.2) is 0 Å². The Bertz CT molecular complexity index is 1120. The molecule has 0 aromatic carbocycles. The second-order valence-corrected chi connectivity index (χ2v) is 30.3. The van der Waals surface area contributed by atoms with Gasteiger partial charge in [0, 0.05) is 12.0 Å². The average Bonchev–Trinajstić information content (AvgIpc) is 3.25. The van der Waals surface area contributed by atoms with E-state index >= 15 is 0 Å². The molecule has 260 valence electrons. The van der Waals surface area contributed by atoms with Crippen LogP contribution in [0.2, 0.25) is 36.3 Å². The molecule has 0 saturated heterocycles. The Labute approximate surface area is 283 Å².